The number of carbonyl (C=O) groups excluding carboxylic acids is 1. The molecule has 140 valence electrons. The molecule has 1 amide bonds. The third-order valence-electron chi connectivity index (χ3n) is 5.49. The number of aliphatic hydroxyl groups excluding tert-OH is 1. The molecule has 0 saturated heterocycles. The lowest BCUT2D eigenvalue weighted by molar-refractivity contribution is 0.0899. The van der Waals surface area contributed by atoms with Gasteiger partial charge in [0.15, 0.2) is 11.5 Å². The van der Waals surface area contributed by atoms with Crippen LogP contribution in [-0.4, -0.2) is 60.5 Å². The molecule has 1 aliphatic carbocycles. The Morgan fingerprint density at radius 3 is 2.92 bits per heavy atom. The molecule has 9 heteroatoms. The van der Waals surface area contributed by atoms with Gasteiger partial charge in [-0.25, -0.2) is 0 Å². The maximum atomic E-state index is 12.6. The minimum Gasteiger partial charge on any atom is -0.388 e. The van der Waals surface area contributed by atoms with Gasteiger partial charge < -0.3 is 19.9 Å². The normalized spacial score (nSPS) is 22.7. The van der Waals surface area contributed by atoms with Gasteiger partial charge in [0.2, 0.25) is 0 Å². The van der Waals surface area contributed by atoms with Crippen LogP contribution in [0.3, 0.4) is 0 Å². The zero-order chi connectivity index (χ0) is 18.3. The zero-order valence-corrected chi connectivity index (χ0v) is 15.2. The van der Waals surface area contributed by atoms with E-state index in [2.05, 4.69) is 37.7 Å². The highest BCUT2D eigenvalue weighted by molar-refractivity contribution is 5.94. The van der Waals surface area contributed by atoms with Crippen LogP contribution in [-0.2, 0) is 26.1 Å². The van der Waals surface area contributed by atoms with Gasteiger partial charge in [-0.15, -0.1) is 10.2 Å². The summed E-state index contributed by atoms with van der Waals surface area (Å²) < 4.78 is 1.96. The van der Waals surface area contributed by atoms with Crippen LogP contribution in [0.5, 0.6) is 0 Å². The van der Waals surface area contributed by atoms with Crippen LogP contribution in [0, 0.1) is 0 Å². The molecule has 3 heterocycles. The van der Waals surface area contributed by atoms with Crippen LogP contribution in [0.4, 0.5) is 0 Å². The topological polar surface area (TPSA) is 112 Å². The molecule has 4 rings (SSSR count). The van der Waals surface area contributed by atoms with E-state index in [0.29, 0.717) is 11.5 Å². The van der Waals surface area contributed by atoms with Crippen LogP contribution in [0.2, 0.25) is 0 Å². The minimum absolute atomic E-state index is 0.103. The Morgan fingerprint density at radius 2 is 2.19 bits per heavy atom. The van der Waals surface area contributed by atoms with E-state index >= 15 is 0 Å². The molecule has 0 bridgehead atoms. The number of hydrogen-bond acceptors (Lipinski definition) is 6. The molecule has 9 nitrogen and oxygen atoms in total. The van der Waals surface area contributed by atoms with Gasteiger partial charge in [0.1, 0.15) is 12.4 Å². The average molecular weight is 359 g/mol. The summed E-state index contributed by atoms with van der Waals surface area (Å²) in [6.45, 7) is 4.38. The van der Waals surface area contributed by atoms with Crippen molar-refractivity contribution in [1.82, 2.24) is 35.2 Å². The number of fused-ring (bicyclic) bond motifs is 1. The number of rotatable bonds is 5. The first-order valence-electron chi connectivity index (χ1n) is 9.19. The highest BCUT2D eigenvalue weighted by atomic mass is 16.3. The highest BCUT2D eigenvalue weighted by Crippen LogP contribution is 2.36. The van der Waals surface area contributed by atoms with E-state index in [-0.39, 0.29) is 24.5 Å². The van der Waals surface area contributed by atoms with Gasteiger partial charge in [-0.05, 0) is 26.8 Å². The van der Waals surface area contributed by atoms with Gasteiger partial charge in [0, 0.05) is 49.3 Å². The van der Waals surface area contributed by atoms with E-state index in [1.54, 1.807) is 0 Å². The number of carbonyl (C=O) groups is 1. The molecule has 26 heavy (non-hydrogen) atoms. The van der Waals surface area contributed by atoms with Crippen LogP contribution in [0.1, 0.15) is 59.1 Å². The Balaban J connectivity index is 1.38. The zero-order valence-electron chi connectivity index (χ0n) is 15.2. The van der Waals surface area contributed by atoms with E-state index in [0.717, 1.165) is 56.0 Å². The quantitative estimate of drug-likeness (QED) is 0.702. The van der Waals surface area contributed by atoms with Crippen molar-refractivity contribution >= 4 is 5.91 Å². The summed E-state index contributed by atoms with van der Waals surface area (Å²) in [7, 11) is 2.05. The summed E-state index contributed by atoms with van der Waals surface area (Å²) in [4.78, 5) is 14.8. The number of aromatic nitrogens is 5. The predicted octanol–water partition coefficient (Wildman–Crippen LogP) is 0.177. The Labute approximate surface area is 151 Å². The van der Waals surface area contributed by atoms with Crippen molar-refractivity contribution in [2.75, 3.05) is 13.6 Å². The molecule has 1 saturated carbocycles. The van der Waals surface area contributed by atoms with Crippen LogP contribution in [0.25, 0.3) is 0 Å². The molecule has 0 radical (unpaired) electrons. The lowest BCUT2D eigenvalue weighted by Crippen LogP contribution is -2.44. The molecule has 2 aromatic heterocycles. The van der Waals surface area contributed by atoms with Gasteiger partial charge in [-0.2, -0.15) is 5.10 Å². The number of amides is 1. The first kappa shape index (κ1) is 17.2. The second-order valence-electron chi connectivity index (χ2n) is 7.23. The van der Waals surface area contributed by atoms with E-state index in [9.17, 15) is 9.90 Å². The molecule has 0 unspecified atom stereocenters. The fraction of sp³-hybridized carbons (Fsp3) is 0.647. The van der Waals surface area contributed by atoms with E-state index in [4.69, 9.17) is 0 Å². The van der Waals surface area contributed by atoms with E-state index in [1.165, 1.54) is 0 Å². The van der Waals surface area contributed by atoms with Crippen molar-refractivity contribution in [3.05, 3.63) is 28.6 Å². The fourth-order valence-corrected chi connectivity index (χ4v) is 3.93. The lowest BCUT2D eigenvalue weighted by Gasteiger charge is -2.35. The molecule has 2 aromatic rings. The molecule has 0 spiro atoms. The van der Waals surface area contributed by atoms with Gasteiger partial charge in [-0.3, -0.25) is 9.89 Å². The lowest BCUT2D eigenvalue weighted by atomic mass is 9.79. The van der Waals surface area contributed by atoms with Gasteiger partial charge in [0.25, 0.3) is 5.91 Å². The number of aliphatic hydroxyl groups is 1. The average Bonchev–Trinajstić information content (AvgIpc) is 3.20. The Bertz CT molecular complexity index is 806. The monoisotopic (exact) mass is 359 g/mol. The van der Waals surface area contributed by atoms with E-state index < -0.39 is 0 Å². The molecular formula is C17H25N7O2. The van der Waals surface area contributed by atoms with Gasteiger partial charge >= 0.3 is 0 Å². The van der Waals surface area contributed by atoms with Crippen molar-refractivity contribution in [3.8, 4) is 0 Å². The van der Waals surface area contributed by atoms with Gasteiger partial charge in [0.05, 0.1) is 0 Å². The number of nitrogens with one attached hydrogen (secondary N) is 2. The summed E-state index contributed by atoms with van der Waals surface area (Å²) in [5.74, 6) is 1.67. The summed E-state index contributed by atoms with van der Waals surface area (Å²) >= 11 is 0. The Morgan fingerprint density at radius 1 is 1.38 bits per heavy atom. The fourth-order valence-electron chi connectivity index (χ4n) is 3.93. The van der Waals surface area contributed by atoms with Crippen molar-refractivity contribution in [2.45, 2.75) is 57.8 Å². The standard InChI is InChI=1S/C17H25N7O2/c1-3-24-14(9-25)20-22-16(24)10-6-11(7-10)18-17(26)15-12-8-23(2)5-4-13(12)19-21-15/h10-11,25H,3-9H2,1-2H3,(H,18,26)(H,19,21). The smallest absolute Gasteiger partial charge is 0.272 e. The van der Waals surface area contributed by atoms with Crippen LogP contribution in [0.15, 0.2) is 0 Å². The highest BCUT2D eigenvalue weighted by Gasteiger charge is 2.36. The maximum Gasteiger partial charge on any atom is 0.272 e. The molecule has 0 aromatic carbocycles. The number of likely N-dealkylation sites (N-methyl/N-ethyl adjacent to an activating group) is 1. The molecule has 1 fully saturated rings. The molecule has 2 aliphatic rings. The first-order chi connectivity index (χ1) is 12.6. The maximum absolute atomic E-state index is 12.6. The van der Waals surface area contributed by atoms with Crippen molar-refractivity contribution < 1.29 is 9.90 Å². The Kier molecular flexibility index (Phi) is 4.49. The third-order valence-corrected chi connectivity index (χ3v) is 5.49. The predicted molar refractivity (Wildman–Crippen MR) is 93.5 cm³/mol. The minimum atomic E-state index is -0.105. The summed E-state index contributed by atoms with van der Waals surface area (Å²) in [6.07, 6.45) is 2.57. The summed E-state index contributed by atoms with van der Waals surface area (Å²) in [5.41, 5.74) is 2.62. The van der Waals surface area contributed by atoms with Crippen molar-refractivity contribution in [1.29, 1.82) is 0 Å². The third kappa shape index (κ3) is 2.90. The number of hydrogen-bond donors (Lipinski definition) is 3. The van der Waals surface area contributed by atoms with Gasteiger partial charge in [-0.1, -0.05) is 0 Å². The number of aromatic amines is 1. The summed E-state index contributed by atoms with van der Waals surface area (Å²) in [6, 6.07) is 0.126. The largest absolute Gasteiger partial charge is 0.388 e. The molecule has 1 aliphatic heterocycles. The number of H-pyrrole nitrogens is 1. The van der Waals surface area contributed by atoms with Crippen LogP contribution < -0.4 is 5.32 Å². The van der Waals surface area contributed by atoms with E-state index in [1.807, 2.05) is 11.5 Å². The van der Waals surface area contributed by atoms with Crippen molar-refractivity contribution in [2.24, 2.45) is 0 Å². The SMILES string of the molecule is CCn1c(CO)nnc1C1CC(NC(=O)c2n[nH]c3c2CN(C)CC3)C1. The summed E-state index contributed by atoms with van der Waals surface area (Å²) in [5, 5.41) is 28.0. The van der Waals surface area contributed by atoms with Crippen LogP contribution >= 0.6 is 0 Å². The first-order valence-corrected chi connectivity index (χ1v) is 9.19. The second-order valence-corrected chi connectivity index (χ2v) is 7.23. The molecular weight excluding hydrogens is 334 g/mol. The second kappa shape index (κ2) is 6.81. The number of nitrogens with zero attached hydrogens (tertiary/aromatic N) is 5. The Hall–Kier alpha value is -2.26. The molecule has 3 N–H and O–H groups in total. The molecule has 0 atom stereocenters. The van der Waals surface area contributed by atoms with Crippen molar-refractivity contribution in [3.63, 3.8) is 0 Å².